The molecule has 0 fully saturated rings. The van der Waals surface area contributed by atoms with Crippen molar-refractivity contribution in [2.24, 2.45) is 0 Å². The molecule has 0 radical (unpaired) electrons. The quantitative estimate of drug-likeness (QED) is 0.827. The van der Waals surface area contributed by atoms with Crippen molar-refractivity contribution in [2.75, 3.05) is 18.5 Å². The molecule has 0 saturated carbocycles. The van der Waals surface area contributed by atoms with Gasteiger partial charge >= 0.3 is 0 Å². The summed E-state index contributed by atoms with van der Waals surface area (Å²) in [6.07, 6.45) is 1.57. The lowest BCUT2D eigenvalue weighted by Gasteiger charge is -2.18. The lowest BCUT2D eigenvalue weighted by atomic mass is 10.1. The molecule has 0 bridgehead atoms. The summed E-state index contributed by atoms with van der Waals surface area (Å²) in [4.78, 5) is 5.36. The van der Waals surface area contributed by atoms with Gasteiger partial charge in [0.1, 0.15) is 5.82 Å². The first-order valence-corrected chi connectivity index (χ1v) is 7.74. The first-order chi connectivity index (χ1) is 9.60. The number of nitrogens with one attached hydrogen (secondary N) is 1. The molecule has 0 saturated heterocycles. The minimum atomic E-state index is 0.117. The van der Waals surface area contributed by atoms with Crippen molar-refractivity contribution in [3.8, 4) is 0 Å². The van der Waals surface area contributed by atoms with E-state index in [2.05, 4.69) is 41.5 Å². The number of nitrogen functional groups attached to an aromatic ring is 1. The number of anilines is 1. The van der Waals surface area contributed by atoms with Crippen LogP contribution in [-0.2, 0) is 0 Å². The van der Waals surface area contributed by atoms with E-state index in [0.717, 1.165) is 11.3 Å². The third-order valence-corrected chi connectivity index (χ3v) is 4.34. The van der Waals surface area contributed by atoms with Gasteiger partial charge in [0.25, 0.3) is 0 Å². The second kappa shape index (κ2) is 6.97. The number of hydrogen-bond acceptors (Lipinski definition) is 4. The van der Waals surface area contributed by atoms with Crippen LogP contribution in [0.3, 0.4) is 0 Å². The lowest BCUT2D eigenvalue weighted by molar-refractivity contribution is 0.661. The zero-order valence-electron chi connectivity index (χ0n) is 11.6. The van der Waals surface area contributed by atoms with Crippen molar-refractivity contribution < 1.29 is 0 Å². The van der Waals surface area contributed by atoms with E-state index in [1.807, 2.05) is 13.1 Å². The first kappa shape index (κ1) is 15.2. The Morgan fingerprint density at radius 1 is 1.40 bits per heavy atom. The van der Waals surface area contributed by atoms with Gasteiger partial charge in [0, 0.05) is 28.5 Å². The summed E-state index contributed by atoms with van der Waals surface area (Å²) in [5, 5.41) is 3.88. The summed E-state index contributed by atoms with van der Waals surface area (Å²) in [7, 11) is 1.92. The van der Waals surface area contributed by atoms with E-state index < -0.39 is 0 Å². The molecule has 1 aromatic carbocycles. The number of benzene rings is 1. The molecule has 5 heteroatoms. The van der Waals surface area contributed by atoms with Gasteiger partial charge in [0.15, 0.2) is 0 Å². The Morgan fingerprint density at radius 3 is 2.90 bits per heavy atom. The Balaban J connectivity index is 2.11. The third-order valence-electron chi connectivity index (χ3n) is 3.05. The Bertz CT molecular complexity index is 589. The smallest absolute Gasteiger partial charge is 0.128 e. The monoisotopic (exact) mass is 307 g/mol. The lowest BCUT2D eigenvalue weighted by Crippen LogP contribution is -2.20. The highest BCUT2D eigenvalue weighted by molar-refractivity contribution is 7.99. The van der Waals surface area contributed by atoms with Crippen LogP contribution in [0.5, 0.6) is 0 Å². The highest BCUT2D eigenvalue weighted by Gasteiger charge is 2.14. The van der Waals surface area contributed by atoms with Crippen LogP contribution in [0.15, 0.2) is 41.4 Å². The van der Waals surface area contributed by atoms with Crippen LogP contribution in [0.4, 0.5) is 5.82 Å². The number of aromatic nitrogens is 1. The standard InChI is InChI=1S/C15H18ClN3S/c1-10-4-3-5-12(6-10)20-9-14(18-2)13-7-11(16)8-19-15(13)17/h3-8,14,18H,9H2,1-2H3,(H2,17,19). The predicted octanol–water partition coefficient (Wildman–Crippen LogP) is 3.68. The van der Waals surface area contributed by atoms with Crippen molar-refractivity contribution in [1.82, 2.24) is 10.3 Å². The van der Waals surface area contributed by atoms with Crippen molar-refractivity contribution in [1.29, 1.82) is 0 Å². The van der Waals surface area contributed by atoms with E-state index in [1.54, 1.807) is 18.0 Å². The fourth-order valence-electron chi connectivity index (χ4n) is 1.96. The SMILES string of the molecule is CNC(CSc1cccc(C)c1)c1cc(Cl)cnc1N. The summed E-state index contributed by atoms with van der Waals surface area (Å²) in [5.74, 6) is 1.39. The molecule has 1 atom stereocenters. The van der Waals surface area contributed by atoms with E-state index in [0.29, 0.717) is 10.8 Å². The van der Waals surface area contributed by atoms with Crippen LogP contribution < -0.4 is 11.1 Å². The summed E-state index contributed by atoms with van der Waals surface area (Å²) < 4.78 is 0. The molecule has 2 rings (SSSR count). The number of nitrogens with two attached hydrogens (primary N) is 1. The van der Waals surface area contributed by atoms with Gasteiger partial charge in [-0.25, -0.2) is 4.98 Å². The van der Waals surface area contributed by atoms with Crippen LogP contribution in [0.25, 0.3) is 0 Å². The first-order valence-electron chi connectivity index (χ1n) is 6.38. The maximum Gasteiger partial charge on any atom is 0.128 e. The average Bonchev–Trinajstić information content (AvgIpc) is 2.43. The summed E-state index contributed by atoms with van der Waals surface area (Å²) in [6, 6.07) is 10.5. The van der Waals surface area contributed by atoms with Gasteiger partial charge in [-0.05, 0) is 32.2 Å². The molecule has 0 spiro atoms. The van der Waals surface area contributed by atoms with Gasteiger partial charge in [-0.3, -0.25) is 0 Å². The Hall–Kier alpha value is -1.23. The molecule has 0 amide bonds. The normalized spacial score (nSPS) is 12.3. The molecule has 1 unspecified atom stereocenters. The molecule has 3 N–H and O–H groups in total. The molecular weight excluding hydrogens is 290 g/mol. The maximum absolute atomic E-state index is 6.00. The molecule has 20 heavy (non-hydrogen) atoms. The molecule has 1 heterocycles. The van der Waals surface area contributed by atoms with Crippen LogP contribution in [0, 0.1) is 6.92 Å². The number of pyridine rings is 1. The summed E-state index contributed by atoms with van der Waals surface area (Å²) in [6.45, 7) is 2.10. The number of rotatable bonds is 5. The van der Waals surface area contributed by atoms with Crippen LogP contribution >= 0.6 is 23.4 Å². The highest BCUT2D eigenvalue weighted by Crippen LogP contribution is 2.28. The fourth-order valence-corrected chi connectivity index (χ4v) is 3.27. The van der Waals surface area contributed by atoms with E-state index in [4.69, 9.17) is 17.3 Å². The van der Waals surface area contributed by atoms with Crippen molar-refractivity contribution in [3.63, 3.8) is 0 Å². The van der Waals surface area contributed by atoms with Gasteiger partial charge in [0.05, 0.1) is 5.02 Å². The number of aryl methyl sites for hydroxylation is 1. The molecule has 0 aliphatic rings. The molecule has 0 aliphatic heterocycles. The fraction of sp³-hybridized carbons (Fsp3) is 0.267. The van der Waals surface area contributed by atoms with E-state index in [-0.39, 0.29) is 6.04 Å². The average molecular weight is 308 g/mol. The topological polar surface area (TPSA) is 50.9 Å². The third kappa shape index (κ3) is 3.88. The predicted molar refractivity (Wildman–Crippen MR) is 87.4 cm³/mol. The van der Waals surface area contributed by atoms with Crippen LogP contribution in [-0.4, -0.2) is 17.8 Å². The Morgan fingerprint density at radius 2 is 2.20 bits per heavy atom. The van der Waals surface area contributed by atoms with Crippen LogP contribution in [0.1, 0.15) is 17.2 Å². The molecule has 3 nitrogen and oxygen atoms in total. The number of halogens is 1. The zero-order chi connectivity index (χ0) is 14.5. The van der Waals surface area contributed by atoms with E-state index in [9.17, 15) is 0 Å². The van der Waals surface area contributed by atoms with Gasteiger partial charge in [-0.1, -0.05) is 29.3 Å². The minimum absolute atomic E-state index is 0.117. The molecule has 106 valence electrons. The molecule has 2 aromatic rings. The Kier molecular flexibility index (Phi) is 5.29. The molecule has 0 aliphatic carbocycles. The van der Waals surface area contributed by atoms with Crippen molar-refractivity contribution in [2.45, 2.75) is 17.9 Å². The van der Waals surface area contributed by atoms with Gasteiger partial charge in [0.2, 0.25) is 0 Å². The van der Waals surface area contributed by atoms with Gasteiger partial charge in [-0.15, -0.1) is 11.8 Å². The molecular formula is C15H18ClN3S. The van der Waals surface area contributed by atoms with Crippen LogP contribution in [0.2, 0.25) is 5.02 Å². The second-order valence-electron chi connectivity index (χ2n) is 4.60. The second-order valence-corrected chi connectivity index (χ2v) is 6.13. The minimum Gasteiger partial charge on any atom is -0.383 e. The number of nitrogens with zero attached hydrogens (tertiary/aromatic N) is 1. The number of hydrogen-bond donors (Lipinski definition) is 2. The van der Waals surface area contributed by atoms with E-state index >= 15 is 0 Å². The van der Waals surface area contributed by atoms with Gasteiger partial charge in [-0.2, -0.15) is 0 Å². The summed E-state index contributed by atoms with van der Waals surface area (Å²) >= 11 is 7.79. The maximum atomic E-state index is 6.00. The Labute approximate surface area is 128 Å². The highest BCUT2D eigenvalue weighted by atomic mass is 35.5. The number of thioether (sulfide) groups is 1. The van der Waals surface area contributed by atoms with Crippen molar-refractivity contribution in [3.05, 3.63) is 52.7 Å². The van der Waals surface area contributed by atoms with Crippen molar-refractivity contribution >= 4 is 29.2 Å². The largest absolute Gasteiger partial charge is 0.383 e. The van der Waals surface area contributed by atoms with Gasteiger partial charge < -0.3 is 11.1 Å². The van der Waals surface area contributed by atoms with E-state index in [1.165, 1.54) is 10.5 Å². The summed E-state index contributed by atoms with van der Waals surface area (Å²) in [5.41, 5.74) is 8.15. The zero-order valence-corrected chi connectivity index (χ0v) is 13.1. The molecule has 1 aromatic heterocycles.